The van der Waals surface area contributed by atoms with Crippen molar-refractivity contribution in [2.24, 2.45) is 5.92 Å². The van der Waals surface area contributed by atoms with Crippen molar-refractivity contribution in [1.82, 2.24) is 0 Å². The highest BCUT2D eigenvalue weighted by atomic mass is 16.5. The van der Waals surface area contributed by atoms with Gasteiger partial charge in [-0.1, -0.05) is 38.8 Å². The quantitative estimate of drug-likeness (QED) is 0.848. The average Bonchev–Trinajstić information content (AvgIpc) is 2.36. The highest BCUT2D eigenvalue weighted by Crippen LogP contribution is 2.42. The molecule has 1 aliphatic rings. The van der Waals surface area contributed by atoms with Gasteiger partial charge in [0.15, 0.2) is 11.5 Å². The first-order valence-corrected chi connectivity index (χ1v) is 7.15. The zero-order valence-corrected chi connectivity index (χ0v) is 11.5. The normalized spacial score (nSPS) is 28.0. The van der Waals surface area contributed by atoms with Crippen molar-refractivity contribution in [3.63, 3.8) is 0 Å². The lowest BCUT2D eigenvalue weighted by Crippen LogP contribution is -2.44. The van der Waals surface area contributed by atoms with E-state index >= 15 is 0 Å². The maximum Gasteiger partial charge on any atom is 0.161 e. The van der Waals surface area contributed by atoms with Crippen LogP contribution in [-0.4, -0.2) is 10.7 Å². The molecule has 1 aromatic rings. The van der Waals surface area contributed by atoms with Crippen LogP contribution in [0, 0.1) is 5.92 Å². The second-order valence-electron chi connectivity index (χ2n) is 5.53. The van der Waals surface area contributed by atoms with Crippen molar-refractivity contribution < 1.29 is 9.84 Å². The Morgan fingerprint density at radius 3 is 2.78 bits per heavy atom. The Bertz CT molecular complexity index is 384. The molecule has 1 saturated carbocycles. The predicted octanol–water partition coefficient (Wildman–Crippen LogP) is 4.52. The van der Waals surface area contributed by atoms with Crippen LogP contribution in [0.2, 0.25) is 0 Å². The Morgan fingerprint density at radius 2 is 2.11 bits per heavy atom. The van der Waals surface area contributed by atoms with Gasteiger partial charge in [0.25, 0.3) is 0 Å². The van der Waals surface area contributed by atoms with E-state index in [9.17, 15) is 5.11 Å². The van der Waals surface area contributed by atoms with Crippen molar-refractivity contribution in [1.29, 1.82) is 0 Å². The number of phenols is 1. The summed E-state index contributed by atoms with van der Waals surface area (Å²) in [5.41, 5.74) is -0.0775. The second kappa shape index (κ2) is 5.64. The fourth-order valence-electron chi connectivity index (χ4n) is 3.14. The lowest BCUT2D eigenvalue weighted by molar-refractivity contribution is -0.0259. The van der Waals surface area contributed by atoms with Crippen LogP contribution in [0.25, 0.3) is 0 Å². The zero-order valence-electron chi connectivity index (χ0n) is 11.5. The zero-order chi connectivity index (χ0) is 13.0. The molecule has 100 valence electrons. The van der Waals surface area contributed by atoms with Gasteiger partial charge in [-0.05, 0) is 43.7 Å². The molecule has 1 fully saturated rings. The Balaban J connectivity index is 2.22. The number of benzene rings is 1. The Hall–Kier alpha value is -1.18. The maximum atomic E-state index is 9.89. The summed E-state index contributed by atoms with van der Waals surface area (Å²) in [4.78, 5) is 0. The summed E-state index contributed by atoms with van der Waals surface area (Å²) in [6.07, 6.45) is 7.07. The van der Waals surface area contributed by atoms with Gasteiger partial charge in [-0.15, -0.1) is 0 Å². The summed E-state index contributed by atoms with van der Waals surface area (Å²) in [6, 6.07) is 7.32. The molecular weight excluding hydrogens is 224 g/mol. The monoisotopic (exact) mass is 248 g/mol. The molecule has 18 heavy (non-hydrogen) atoms. The van der Waals surface area contributed by atoms with Gasteiger partial charge in [0, 0.05) is 0 Å². The number of phenolic OH excluding ortho intramolecular Hbond substituents is 1. The van der Waals surface area contributed by atoms with Crippen LogP contribution in [0.5, 0.6) is 11.5 Å². The molecule has 0 aliphatic heterocycles. The van der Waals surface area contributed by atoms with Crippen LogP contribution in [0.3, 0.4) is 0 Å². The third kappa shape index (κ3) is 2.63. The van der Waals surface area contributed by atoms with Crippen molar-refractivity contribution in [2.75, 3.05) is 0 Å². The van der Waals surface area contributed by atoms with E-state index < -0.39 is 0 Å². The van der Waals surface area contributed by atoms with Gasteiger partial charge in [-0.25, -0.2) is 0 Å². The van der Waals surface area contributed by atoms with Crippen LogP contribution < -0.4 is 4.74 Å². The highest BCUT2D eigenvalue weighted by Gasteiger charge is 2.39. The lowest BCUT2D eigenvalue weighted by Gasteiger charge is -2.43. The van der Waals surface area contributed by atoms with Gasteiger partial charge in [-0.3, -0.25) is 0 Å². The van der Waals surface area contributed by atoms with Crippen LogP contribution >= 0.6 is 0 Å². The number of rotatable bonds is 4. The van der Waals surface area contributed by atoms with Crippen LogP contribution in [0.4, 0.5) is 0 Å². The minimum atomic E-state index is -0.0775. The van der Waals surface area contributed by atoms with Crippen LogP contribution in [0.15, 0.2) is 24.3 Å². The predicted molar refractivity (Wildman–Crippen MR) is 74.0 cm³/mol. The Labute approximate surface area is 110 Å². The van der Waals surface area contributed by atoms with E-state index in [1.54, 1.807) is 6.07 Å². The van der Waals surface area contributed by atoms with E-state index in [1.165, 1.54) is 19.3 Å². The summed E-state index contributed by atoms with van der Waals surface area (Å²) in [7, 11) is 0. The molecule has 2 unspecified atom stereocenters. The molecular formula is C16H24O2. The molecule has 0 aromatic heterocycles. The number of para-hydroxylation sites is 2. The largest absolute Gasteiger partial charge is 0.504 e. The van der Waals surface area contributed by atoms with Crippen molar-refractivity contribution >= 4 is 0 Å². The van der Waals surface area contributed by atoms with E-state index in [0.717, 1.165) is 19.3 Å². The van der Waals surface area contributed by atoms with Crippen molar-refractivity contribution in [2.45, 2.75) is 58.0 Å². The third-order valence-corrected chi connectivity index (χ3v) is 4.24. The van der Waals surface area contributed by atoms with Crippen LogP contribution in [-0.2, 0) is 0 Å². The molecule has 0 amide bonds. The van der Waals surface area contributed by atoms with E-state index in [2.05, 4.69) is 13.8 Å². The van der Waals surface area contributed by atoms with Gasteiger partial charge in [0.1, 0.15) is 5.60 Å². The molecule has 0 saturated heterocycles. The van der Waals surface area contributed by atoms with E-state index in [4.69, 9.17) is 4.74 Å². The molecule has 0 heterocycles. The van der Waals surface area contributed by atoms with Crippen LogP contribution in [0.1, 0.15) is 52.4 Å². The van der Waals surface area contributed by atoms with Gasteiger partial charge in [0.05, 0.1) is 0 Å². The maximum absolute atomic E-state index is 9.89. The lowest BCUT2D eigenvalue weighted by atomic mass is 9.73. The average molecular weight is 248 g/mol. The summed E-state index contributed by atoms with van der Waals surface area (Å²) in [6.45, 7) is 4.49. The van der Waals surface area contributed by atoms with Crippen molar-refractivity contribution in [3.8, 4) is 11.5 Å². The molecule has 2 nitrogen and oxygen atoms in total. The fourth-order valence-corrected chi connectivity index (χ4v) is 3.14. The smallest absolute Gasteiger partial charge is 0.161 e. The minimum Gasteiger partial charge on any atom is -0.504 e. The molecule has 1 aromatic carbocycles. The Kier molecular flexibility index (Phi) is 4.15. The fraction of sp³-hybridized carbons (Fsp3) is 0.625. The van der Waals surface area contributed by atoms with Gasteiger partial charge in [0.2, 0.25) is 0 Å². The van der Waals surface area contributed by atoms with E-state index in [-0.39, 0.29) is 11.4 Å². The Morgan fingerprint density at radius 1 is 1.33 bits per heavy atom. The standard InChI is InChI=1S/C16H24O2/c1-3-11-16(12-7-6-8-13(16)2)18-15-10-5-4-9-14(15)17/h4-5,9-10,13,17H,3,6-8,11-12H2,1-2H3. The molecule has 0 spiro atoms. The summed E-state index contributed by atoms with van der Waals surface area (Å²) < 4.78 is 6.28. The minimum absolute atomic E-state index is 0.0775. The van der Waals surface area contributed by atoms with E-state index in [0.29, 0.717) is 11.7 Å². The molecule has 0 radical (unpaired) electrons. The van der Waals surface area contributed by atoms with Gasteiger partial charge < -0.3 is 9.84 Å². The first-order chi connectivity index (χ1) is 8.68. The summed E-state index contributed by atoms with van der Waals surface area (Å²) >= 11 is 0. The first kappa shape index (κ1) is 13.3. The molecule has 1 N–H and O–H groups in total. The van der Waals surface area contributed by atoms with Gasteiger partial charge in [-0.2, -0.15) is 0 Å². The molecule has 2 heteroatoms. The molecule has 1 aliphatic carbocycles. The molecule has 2 rings (SSSR count). The number of ether oxygens (including phenoxy) is 1. The first-order valence-electron chi connectivity index (χ1n) is 7.15. The van der Waals surface area contributed by atoms with Crippen molar-refractivity contribution in [3.05, 3.63) is 24.3 Å². The molecule has 0 bridgehead atoms. The third-order valence-electron chi connectivity index (χ3n) is 4.24. The van der Waals surface area contributed by atoms with E-state index in [1.807, 2.05) is 18.2 Å². The summed E-state index contributed by atoms with van der Waals surface area (Å²) in [5, 5.41) is 9.89. The summed E-state index contributed by atoms with van der Waals surface area (Å²) in [5.74, 6) is 1.45. The molecule has 2 atom stereocenters. The number of aromatic hydroxyl groups is 1. The SMILES string of the molecule is CCCC1(Oc2ccccc2O)CCCCC1C. The highest BCUT2D eigenvalue weighted by molar-refractivity contribution is 5.38. The second-order valence-corrected chi connectivity index (χ2v) is 5.53. The number of hydrogen-bond donors (Lipinski definition) is 1. The van der Waals surface area contributed by atoms with Gasteiger partial charge >= 0.3 is 0 Å². The number of hydrogen-bond acceptors (Lipinski definition) is 2. The topological polar surface area (TPSA) is 29.5 Å².